The van der Waals surface area contributed by atoms with Crippen molar-refractivity contribution in [3.8, 4) is 0 Å². The number of nitrogens with zero attached hydrogens (tertiary/aromatic N) is 2. The van der Waals surface area contributed by atoms with Gasteiger partial charge in [-0.25, -0.2) is 9.97 Å². The van der Waals surface area contributed by atoms with Crippen LogP contribution in [0.5, 0.6) is 0 Å². The lowest BCUT2D eigenvalue weighted by molar-refractivity contribution is -0.0935. The Morgan fingerprint density at radius 2 is 2.06 bits per heavy atom. The van der Waals surface area contributed by atoms with E-state index in [1.165, 1.54) is 12.8 Å². The highest BCUT2D eigenvalue weighted by atomic mass is 16.6. The molecule has 3 rings (SSSR count). The molecule has 92 valence electrons. The van der Waals surface area contributed by atoms with E-state index in [2.05, 4.69) is 15.3 Å². The highest BCUT2D eigenvalue weighted by molar-refractivity contribution is 5.07. The van der Waals surface area contributed by atoms with Crippen LogP contribution < -0.4 is 5.32 Å². The molecule has 1 aromatic rings. The van der Waals surface area contributed by atoms with E-state index in [1.54, 1.807) is 0 Å². The molecule has 1 N–H and O–H groups in total. The third-order valence-electron chi connectivity index (χ3n) is 3.00. The van der Waals surface area contributed by atoms with Gasteiger partial charge in [0, 0.05) is 30.5 Å². The van der Waals surface area contributed by atoms with Gasteiger partial charge in [0.25, 0.3) is 0 Å². The molecule has 0 radical (unpaired) electrons. The van der Waals surface area contributed by atoms with Crippen molar-refractivity contribution in [1.82, 2.24) is 15.3 Å². The number of rotatable bonds is 4. The summed E-state index contributed by atoms with van der Waals surface area (Å²) in [6.07, 6.45) is 6.23. The van der Waals surface area contributed by atoms with Gasteiger partial charge in [-0.15, -0.1) is 0 Å². The van der Waals surface area contributed by atoms with Gasteiger partial charge < -0.3 is 14.8 Å². The van der Waals surface area contributed by atoms with Crippen LogP contribution in [-0.2, 0) is 16.0 Å². The summed E-state index contributed by atoms with van der Waals surface area (Å²) < 4.78 is 10.9. The molecule has 0 spiro atoms. The maximum atomic E-state index is 5.55. The average molecular weight is 235 g/mol. The van der Waals surface area contributed by atoms with Gasteiger partial charge in [-0.1, -0.05) is 0 Å². The predicted molar refractivity (Wildman–Crippen MR) is 61.4 cm³/mol. The van der Waals surface area contributed by atoms with Crippen molar-refractivity contribution in [2.24, 2.45) is 0 Å². The van der Waals surface area contributed by atoms with Gasteiger partial charge >= 0.3 is 0 Å². The molecule has 5 nitrogen and oxygen atoms in total. The second-order valence-electron chi connectivity index (χ2n) is 4.54. The number of ether oxygens (including phenoxy) is 2. The van der Waals surface area contributed by atoms with Gasteiger partial charge in [0.1, 0.15) is 6.10 Å². The minimum atomic E-state index is -0.103. The first-order valence-corrected chi connectivity index (χ1v) is 6.15. The number of hydrogen-bond acceptors (Lipinski definition) is 5. The fourth-order valence-corrected chi connectivity index (χ4v) is 1.81. The van der Waals surface area contributed by atoms with Crippen LogP contribution in [-0.4, -0.2) is 35.8 Å². The summed E-state index contributed by atoms with van der Waals surface area (Å²) in [5.74, 6) is 0.722. The summed E-state index contributed by atoms with van der Waals surface area (Å²) in [5, 5.41) is 3.44. The summed E-state index contributed by atoms with van der Waals surface area (Å²) in [6, 6.07) is 0.713. The molecule has 2 fully saturated rings. The maximum absolute atomic E-state index is 5.55. The van der Waals surface area contributed by atoms with Crippen LogP contribution in [0.15, 0.2) is 12.4 Å². The molecule has 2 heterocycles. The van der Waals surface area contributed by atoms with Crippen LogP contribution in [0.25, 0.3) is 0 Å². The van der Waals surface area contributed by atoms with Crippen molar-refractivity contribution in [1.29, 1.82) is 0 Å². The Morgan fingerprint density at radius 3 is 2.71 bits per heavy atom. The molecule has 2 aliphatic rings. The third-order valence-corrected chi connectivity index (χ3v) is 3.00. The van der Waals surface area contributed by atoms with Crippen LogP contribution >= 0.6 is 0 Å². The first-order valence-electron chi connectivity index (χ1n) is 6.15. The first-order chi connectivity index (χ1) is 8.42. The fraction of sp³-hybridized carbons (Fsp3) is 0.667. The Bertz CT molecular complexity index is 359. The lowest BCUT2D eigenvalue weighted by Gasteiger charge is -2.21. The van der Waals surface area contributed by atoms with Gasteiger partial charge in [-0.05, 0) is 12.8 Å². The maximum Gasteiger partial charge on any atom is 0.159 e. The lowest BCUT2D eigenvalue weighted by Crippen LogP contribution is -2.24. The zero-order valence-electron chi connectivity index (χ0n) is 9.76. The van der Waals surface area contributed by atoms with E-state index in [9.17, 15) is 0 Å². The van der Waals surface area contributed by atoms with Gasteiger partial charge in [-0.3, -0.25) is 0 Å². The highest BCUT2D eigenvalue weighted by Crippen LogP contribution is 2.19. The van der Waals surface area contributed by atoms with Gasteiger partial charge in [0.2, 0.25) is 0 Å². The SMILES string of the molecule is c1nc(C2COCCO2)ncc1CNC1CC1. The largest absolute Gasteiger partial charge is 0.376 e. The monoisotopic (exact) mass is 235 g/mol. The minimum Gasteiger partial charge on any atom is -0.376 e. The van der Waals surface area contributed by atoms with Crippen LogP contribution in [0.3, 0.4) is 0 Å². The van der Waals surface area contributed by atoms with Gasteiger partial charge in [0.05, 0.1) is 19.8 Å². The molecular formula is C12H17N3O2. The molecule has 5 heteroatoms. The highest BCUT2D eigenvalue weighted by Gasteiger charge is 2.21. The molecule has 0 amide bonds. The van der Waals surface area contributed by atoms with Crippen molar-refractivity contribution < 1.29 is 9.47 Å². The molecule has 1 saturated heterocycles. The summed E-state index contributed by atoms with van der Waals surface area (Å²) in [4.78, 5) is 8.69. The number of nitrogens with one attached hydrogen (secondary N) is 1. The third kappa shape index (κ3) is 3.00. The molecule has 1 atom stereocenters. The second-order valence-corrected chi connectivity index (χ2v) is 4.54. The molecule has 0 aromatic carbocycles. The van der Waals surface area contributed by atoms with Crippen molar-refractivity contribution in [2.45, 2.75) is 31.5 Å². The van der Waals surface area contributed by atoms with Crippen LogP contribution in [0.1, 0.15) is 30.3 Å². The summed E-state index contributed by atoms with van der Waals surface area (Å²) in [5.41, 5.74) is 1.12. The summed E-state index contributed by atoms with van der Waals surface area (Å²) in [6.45, 7) is 2.70. The topological polar surface area (TPSA) is 56.3 Å². The molecular weight excluding hydrogens is 218 g/mol. The van der Waals surface area contributed by atoms with E-state index in [0.29, 0.717) is 25.9 Å². The first kappa shape index (κ1) is 11.1. The Kier molecular flexibility index (Phi) is 3.31. The zero-order valence-corrected chi connectivity index (χ0v) is 9.76. The quantitative estimate of drug-likeness (QED) is 0.837. The summed E-state index contributed by atoms with van der Waals surface area (Å²) in [7, 11) is 0. The molecule has 17 heavy (non-hydrogen) atoms. The van der Waals surface area contributed by atoms with Crippen LogP contribution in [0.4, 0.5) is 0 Å². The molecule has 1 aromatic heterocycles. The van der Waals surface area contributed by atoms with Gasteiger partial charge in [0.15, 0.2) is 5.82 Å². The van der Waals surface area contributed by atoms with E-state index in [4.69, 9.17) is 9.47 Å². The standard InChI is InChI=1S/C12H17N3O2/c1-2-10(1)13-5-9-6-14-12(15-7-9)11-8-16-3-4-17-11/h6-7,10-11,13H,1-5,8H2. The molecule has 0 bridgehead atoms. The Morgan fingerprint density at radius 1 is 1.24 bits per heavy atom. The Hall–Kier alpha value is -1.04. The van der Waals surface area contributed by atoms with Gasteiger partial charge in [-0.2, -0.15) is 0 Å². The van der Waals surface area contributed by atoms with E-state index in [1.807, 2.05) is 12.4 Å². The average Bonchev–Trinajstić information content (AvgIpc) is 3.22. The van der Waals surface area contributed by atoms with Crippen molar-refractivity contribution in [3.05, 3.63) is 23.8 Å². The minimum absolute atomic E-state index is 0.103. The smallest absolute Gasteiger partial charge is 0.159 e. The van der Waals surface area contributed by atoms with Crippen molar-refractivity contribution >= 4 is 0 Å². The Labute approximate surface area is 101 Å². The summed E-state index contributed by atoms with van der Waals surface area (Å²) >= 11 is 0. The fourth-order valence-electron chi connectivity index (χ4n) is 1.81. The second kappa shape index (κ2) is 5.08. The van der Waals surface area contributed by atoms with E-state index in [0.717, 1.165) is 17.9 Å². The Balaban J connectivity index is 1.58. The number of hydrogen-bond donors (Lipinski definition) is 1. The molecule has 1 aliphatic heterocycles. The molecule has 1 unspecified atom stereocenters. The van der Waals surface area contributed by atoms with E-state index >= 15 is 0 Å². The van der Waals surface area contributed by atoms with Crippen LogP contribution in [0, 0.1) is 0 Å². The van der Waals surface area contributed by atoms with Crippen molar-refractivity contribution in [2.75, 3.05) is 19.8 Å². The van der Waals surface area contributed by atoms with Crippen molar-refractivity contribution in [3.63, 3.8) is 0 Å². The molecule has 1 aliphatic carbocycles. The van der Waals surface area contributed by atoms with Crippen LogP contribution in [0.2, 0.25) is 0 Å². The molecule has 1 saturated carbocycles. The lowest BCUT2D eigenvalue weighted by atomic mass is 10.3. The normalized spacial score (nSPS) is 24.8. The van der Waals surface area contributed by atoms with E-state index in [-0.39, 0.29) is 6.10 Å². The predicted octanol–water partition coefficient (Wildman–Crippen LogP) is 0.817. The number of aromatic nitrogens is 2. The zero-order chi connectivity index (χ0) is 11.5. The van der Waals surface area contributed by atoms with E-state index < -0.39 is 0 Å².